The molecule has 1 aromatic carbocycles. The number of aromatic nitrogens is 1. The molecule has 1 aliphatic heterocycles. The van der Waals surface area contributed by atoms with Crippen LogP contribution in [0.25, 0.3) is 0 Å². The highest BCUT2D eigenvalue weighted by molar-refractivity contribution is 6.19. The molecule has 0 fully saturated rings. The molecule has 25 heavy (non-hydrogen) atoms. The van der Waals surface area contributed by atoms with Gasteiger partial charge in [-0.3, -0.25) is 14.5 Å². The average molecular weight is 341 g/mol. The minimum atomic E-state index is -1.69. The fraction of sp³-hybridized carbons (Fsp3) is 0.278. The molecule has 0 saturated carbocycles. The summed E-state index contributed by atoms with van der Waals surface area (Å²) in [5.41, 5.74) is -1.17. The van der Waals surface area contributed by atoms with E-state index in [1.165, 1.54) is 11.8 Å². The second kappa shape index (κ2) is 6.43. The van der Waals surface area contributed by atoms with Crippen LogP contribution in [0.1, 0.15) is 13.8 Å². The Morgan fingerprint density at radius 3 is 2.88 bits per heavy atom. The van der Waals surface area contributed by atoms with Gasteiger partial charge in [0.25, 0.3) is 17.4 Å². The van der Waals surface area contributed by atoms with Gasteiger partial charge in [-0.15, -0.1) is 0 Å². The number of rotatable bonds is 4. The van der Waals surface area contributed by atoms with Crippen molar-refractivity contribution in [3.05, 3.63) is 42.6 Å². The fourth-order valence-electron chi connectivity index (χ4n) is 2.67. The second-order valence-corrected chi connectivity index (χ2v) is 5.70. The van der Waals surface area contributed by atoms with Crippen molar-refractivity contribution < 1.29 is 19.1 Å². The van der Waals surface area contributed by atoms with Crippen molar-refractivity contribution in [2.24, 2.45) is 0 Å². The number of anilines is 2. The molecule has 0 bridgehead atoms. The summed E-state index contributed by atoms with van der Waals surface area (Å²) in [6, 6.07) is 10.3. The van der Waals surface area contributed by atoms with Crippen LogP contribution in [-0.2, 0) is 9.59 Å². The van der Waals surface area contributed by atoms with E-state index < -0.39 is 17.4 Å². The summed E-state index contributed by atoms with van der Waals surface area (Å²) in [6.07, 6.45) is 1.58. The van der Waals surface area contributed by atoms with Crippen molar-refractivity contribution >= 4 is 23.3 Å². The van der Waals surface area contributed by atoms with Gasteiger partial charge in [0.05, 0.1) is 7.11 Å². The summed E-state index contributed by atoms with van der Waals surface area (Å²) in [5.74, 6) is 0.401. The maximum Gasteiger partial charge on any atom is 0.282 e. The van der Waals surface area contributed by atoms with Gasteiger partial charge in [-0.1, -0.05) is 6.07 Å². The molecule has 2 aromatic rings. The van der Waals surface area contributed by atoms with Crippen LogP contribution in [0, 0.1) is 0 Å². The molecule has 2 amide bonds. The Morgan fingerprint density at radius 2 is 2.16 bits per heavy atom. The lowest BCUT2D eigenvalue weighted by Crippen LogP contribution is -2.60. The van der Waals surface area contributed by atoms with Crippen LogP contribution in [-0.4, -0.2) is 36.1 Å². The monoisotopic (exact) mass is 341 g/mol. The van der Waals surface area contributed by atoms with Crippen molar-refractivity contribution in [1.29, 1.82) is 0 Å². The SMILES string of the molecule is CCN1C(=O)C(C)(C(=O)Nc2cccc(OC)c2)Oc2cccnc21. The van der Waals surface area contributed by atoms with E-state index in [0.29, 0.717) is 29.5 Å². The van der Waals surface area contributed by atoms with Crippen molar-refractivity contribution in [2.45, 2.75) is 19.4 Å². The van der Waals surface area contributed by atoms with Crippen LogP contribution in [0.3, 0.4) is 0 Å². The highest BCUT2D eigenvalue weighted by atomic mass is 16.5. The molecule has 2 heterocycles. The minimum Gasteiger partial charge on any atom is -0.497 e. The van der Waals surface area contributed by atoms with Gasteiger partial charge in [0, 0.05) is 24.5 Å². The molecular weight excluding hydrogens is 322 g/mol. The third-order valence-corrected chi connectivity index (χ3v) is 4.05. The standard InChI is InChI=1S/C18H19N3O4/c1-4-21-15-14(9-6-10-19-15)25-18(2,17(21)23)16(22)20-12-7-5-8-13(11-12)24-3/h5-11H,4H2,1-3H3,(H,20,22). The number of carbonyl (C=O) groups excluding carboxylic acids is 2. The highest BCUT2D eigenvalue weighted by Gasteiger charge is 2.50. The van der Waals surface area contributed by atoms with E-state index in [1.54, 1.807) is 49.7 Å². The lowest BCUT2D eigenvalue weighted by molar-refractivity contribution is -0.145. The van der Waals surface area contributed by atoms with Gasteiger partial charge in [0.15, 0.2) is 11.6 Å². The van der Waals surface area contributed by atoms with Gasteiger partial charge in [0.1, 0.15) is 5.75 Å². The summed E-state index contributed by atoms with van der Waals surface area (Å²) >= 11 is 0. The van der Waals surface area contributed by atoms with Crippen LogP contribution in [0.5, 0.6) is 11.5 Å². The Bertz CT molecular complexity index is 823. The number of amides is 2. The molecule has 7 nitrogen and oxygen atoms in total. The maximum atomic E-state index is 12.9. The zero-order chi connectivity index (χ0) is 18.0. The number of nitrogens with one attached hydrogen (secondary N) is 1. The second-order valence-electron chi connectivity index (χ2n) is 5.70. The molecule has 0 saturated heterocycles. The molecule has 1 N–H and O–H groups in total. The number of fused-ring (bicyclic) bond motifs is 1. The smallest absolute Gasteiger partial charge is 0.282 e. The van der Waals surface area contributed by atoms with E-state index in [2.05, 4.69) is 10.3 Å². The van der Waals surface area contributed by atoms with Crippen molar-refractivity contribution in [2.75, 3.05) is 23.9 Å². The first kappa shape index (κ1) is 16.8. The summed E-state index contributed by atoms with van der Waals surface area (Å²) in [7, 11) is 1.54. The van der Waals surface area contributed by atoms with Crippen molar-refractivity contribution in [3.8, 4) is 11.5 Å². The number of ether oxygens (including phenoxy) is 2. The van der Waals surface area contributed by atoms with E-state index in [1.807, 2.05) is 6.92 Å². The highest BCUT2D eigenvalue weighted by Crippen LogP contribution is 2.36. The third-order valence-electron chi connectivity index (χ3n) is 4.05. The Morgan fingerprint density at radius 1 is 1.36 bits per heavy atom. The first-order valence-corrected chi connectivity index (χ1v) is 7.91. The molecule has 1 atom stereocenters. The number of methoxy groups -OCH3 is 1. The summed E-state index contributed by atoms with van der Waals surface area (Å²) in [5, 5.41) is 2.72. The Kier molecular flexibility index (Phi) is 4.31. The van der Waals surface area contributed by atoms with Gasteiger partial charge in [-0.25, -0.2) is 4.98 Å². The predicted molar refractivity (Wildman–Crippen MR) is 92.9 cm³/mol. The molecule has 0 radical (unpaired) electrons. The fourth-order valence-corrected chi connectivity index (χ4v) is 2.67. The van der Waals surface area contributed by atoms with E-state index in [9.17, 15) is 9.59 Å². The summed E-state index contributed by atoms with van der Waals surface area (Å²) in [6.45, 7) is 3.67. The van der Waals surface area contributed by atoms with Gasteiger partial charge in [-0.2, -0.15) is 0 Å². The quantitative estimate of drug-likeness (QED) is 0.863. The number of benzene rings is 1. The Balaban J connectivity index is 1.92. The van der Waals surface area contributed by atoms with E-state index in [0.717, 1.165) is 0 Å². The van der Waals surface area contributed by atoms with E-state index in [4.69, 9.17) is 9.47 Å². The van der Waals surface area contributed by atoms with E-state index in [-0.39, 0.29) is 0 Å². The topological polar surface area (TPSA) is 80.8 Å². The molecule has 3 rings (SSSR count). The lowest BCUT2D eigenvalue weighted by Gasteiger charge is -2.38. The van der Waals surface area contributed by atoms with Crippen molar-refractivity contribution in [3.63, 3.8) is 0 Å². The van der Waals surface area contributed by atoms with Crippen LogP contribution in [0.2, 0.25) is 0 Å². The first-order valence-electron chi connectivity index (χ1n) is 7.91. The molecule has 0 aliphatic carbocycles. The Labute approximate surface area is 145 Å². The third kappa shape index (κ3) is 2.88. The first-order chi connectivity index (χ1) is 12.0. The van der Waals surface area contributed by atoms with Gasteiger partial charge in [0.2, 0.25) is 0 Å². The van der Waals surface area contributed by atoms with Gasteiger partial charge < -0.3 is 14.8 Å². The van der Waals surface area contributed by atoms with Crippen LogP contribution >= 0.6 is 0 Å². The largest absolute Gasteiger partial charge is 0.497 e. The summed E-state index contributed by atoms with van der Waals surface area (Å²) in [4.78, 5) is 31.3. The molecule has 7 heteroatoms. The van der Waals surface area contributed by atoms with Crippen LogP contribution < -0.4 is 19.7 Å². The van der Waals surface area contributed by atoms with Crippen LogP contribution in [0.4, 0.5) is 11.5 Å². The number of likely N-dealkylation sites (N-methyl/N-ethyl adjacent to an activating group) is 1. The molecular formula is C18H19N3O4. The van der Waals surface area contributed by atoms with Gasteiger partial charge >= 0.3 is 0 Å². The van der Waals surface area contributed by atoms with Crippen LogP contribution in [0.15, 0.2) is 42.6 Å². The van der Waals surface area contributed by atoms with Gasteiger partial charge in [-0.05, 0) is 38.1 Å². The number of carbonyl (C=O) groups is 2. The molecule has 1 aliphatic rings. The number of hydrogen-bond donors (Lipinski definition) is 1. The number of nitrogens with zero attached hydrogens (tertiary/aromatic N) is 2. The number of pyridine rings is 1. The maximum absolute atomic E-state index is 12.9. The van der Waals surface area contributed by atoms with E-state index >= 15 is 0 Å². The molecule has 1 aromatic heterocycles. The zero-order valence-corrected chi connectivity index (χ0v) is 14.3. The normalized spacial score (nSPS) is 19.0. The molecule has 1 unspecified atom stereocenters. The minimum absolute atomic E-state index is 0.383. The Hall–Kier alpha value is -3.09. The molecule has 0 spiro atoms. The summed E-state index contributed by atoms with van der Waals surface area (Å²) < 4.78 is 10.9. The van der Waals surface area contributed by atoms with Crippen molar-refractivity contribution in [1.82, 2.24) is 4.98 Å². The predicted octanol–water partition coefficient (Wildman–Crippen LogP) is 2.23. The average Bonchev–Trinajstić information content (AvgIpc) is 2.63. The lowest BCUT2D eigenvalue weighted by atomic mass is 10.0. The molecule has 130 valence electrons. The number of hydrogen-bond acceptors (Lipinski definition) is 5. The zero-order valence-electron chi connectivity index (χ0n) is 14.3.